The number of aromatic nitrogens is 1. The Bertz CT molecular complexity index is 616. The summed E-state index contributed by atoms with van der Waals surface area (Å²) in [5.74, 6) is 2.05. The fourth-order valence-electron chi connectivity index (χ4n) is 3.95. The molecule has 2 aliphatic rings. The number of hydrogen-bond donors (Lipinski definition) is 0. The summed E-state index contributed by atoms with van der Waals surface area (Å²) in [6, 6.07) is 6.43. The normalized spacial score (nSPS) is 35.1. The standard InChI is InChI=1S/C17H20N2O/c1-10-8-17(9-18)12(3)13(11(10)2)7-15-14(17)5-6-16(19-15)20-4/h5-6,10-11,13H,3,7-8H2,1-2,4H3. The van der Waals surface area contributed by atoms with Gasteiger partial charge in [-0.2, -0.15) is 5.26 Å². The molecular weight excluding hydrogens is 248 g/mol. The second kappa shape index (κ2) is 4.34. The minimum Gasteiger partial charge on any atom is -0.481 e. The molecule has 20 heavy (non-hydrogen) atoms. The average molecular weight is 268 g/mol. The number of nitrogens with zero attached hydrogens (tertiary/aromatic N) is 2. The van der Waals surface area contributed by atoms with E-state index in [1.54, 1.807) is 7.11 Å². The third-order valence-corrected chi connectivity index (χ3v) is 5.38. The molecule has 2 bridgehead atoms. The van der Waals surface area contributed by atoms with E-state index in [1.165, 1.54) is 0 Å². The van der Waals surface area contributed by atoms with Gasteiger partial charge in [-0.1, -0.05) is 20.4 Å². The van der Waals surface area contributed by atoms with Crippen LogP contribution in [0.5, 0.6) is 5.88 Å². The van der Waals surface area contributed by atoms with Gasteiger partial charge < -0.3 is 4.74 Å². The molecule has 2 aliphatic carbocycles. The summed E-state index contributed by atoms with van der Waals surface area (Å²) in [5, 5.41) is 9.87. The zero-order valence-corrected chi connectivity index (χ0v) is 12.3. The number of hydrogen-bond acceptors (Lipinski definition) is 3. The van der Waals surface area contributed by atoms with Gasteiger partial charge >= 0.3 is 0 Å². The van der Waals surface area contributed by atoms with Crippen LogP contribution in [0.1, 0.15) is 31.5 Å². The lowest BCUT2D eigenvalue weighted by atomic mass is 9.53. The van der Waals surface area contributed by atoms with Crippen molar-refractivity contribution in [3.63, 3.8) is 0 Å². The number of nitriles is 1. The second-order valence-corrected chi connectivity index (χ2v) is 6.24. The second-order valence-electron chi connectivity index (χ2n) is 6.24. The van der Waals surface area contributed by atoms with Crippen molar-refractivity contribution in [2.75, 3.05) is 7.11 Å². The molecule has 3 rings (SSSR count). The van der Waals surface area contributed by atoms with Gasteiger partial charge in [-0.15, -0.1) is 0 Å². The number of pyridine rings is 1. The minimum atomic E-state index is -0.552. The molecule has 0 aliphatic heterocycles. The largest absolute Gasteiger partial charge is 0.481 e. The molecule has 0 spiro atoms. The SMILES string of the molecule is C=C1C2Cc3nc(OC)ccc3C1(C#N)CC(C)C2C. The number of rotatable bonds is 1. The summed E-state index contributed by atoms with van der Waals surface area (Å²) in [7, 11) is 1.63. The van der Waals surface area contributed by atoms with Gasteiger partial charge in [-0.3, -0.25) is 0 Å². The third kappa shape index (κ3) is 1.54. The van der Waals surface area contributed by atoms with Crippen molar-refractivity contribution in [2.24, 2.45) is 17.8 Å². The lowest BCUT2D eigenvalue weighted by Crippen LogP contribution is -2.46. The Kier molecular flexibility index (Phi) is 2.86. The Morgan fingerprint density at radius 2 is 2.20 bits per heavy atom. The highest BCUT2D eigenvalue weighted by Crippen LogP contribution is 2.54. The molecule has 0 saturated heterocycles. The summed E-state index contributed by atoms with van der Waals surface area (Å²) in [5.41, 5.74) is 2.59. The lowest BCUT2D eigenvalue weighted by molar-refractivity contribution is 0.180. The average Bonchev–Trinajstić information content (AvgIpc) is 2.46. The number of fused-ring (bicyclic) bond motifs is 4. The molecule has 0 N–H and O–H groups in total. The van der Waals surface area contributed by atoms with Crippen LogP contribution in [-0.4, -0.2) is 12.1 Å². The topological polar surface area (TPSA) is 45.9 Å². The molecule has 1 fully saturated rings. The molecule has 1 heterocycles. The summed E-state index contributed by atoms with van der Waals surface area (Å²) < 4.78 is 5.23. The summed E-state index contributed by atoms with van der Waals surface area (Å²) in [4.78, 5) is 4.59. The number of allylic oxidation sites excluding steroid dienone is 1. The molecule has 3 nitrogen and oxygen atoms in total. The maximum absolute atomic E-state index is 9.87. The van der Waals surface area contributed by atoms with Gasteiger partial charge in [0.15, 0.2) is 0 Å². The van der Waals surface area contributed by atoms with Crippen LogP contribution in [0.4, 0.5) is 0 Å². The van der Waals surface area contributed by atoms with E-state index in [0.29, 0.717) is 23.6 Å². The molecule has 0 amide bonds. The number of methoxy groups -OCH3 is 1. The van der Waals surface area contributed by atoms with Crippen LogP contribution in [0, 0.1) is 29.1 Å². The van der Waals surface area contributed by atoms with Gasteiger partial charge in [-0.25, -0.2) is 4.98 Å². The Morgan fingerprint density at radius 3 is 2.85 bits per heavy atom. The van der Waals surface area contributed by atoms with Crippen molar-refractivity contribution < 1.29 is 4.74 Å². The van der Waals surface area contributed by atoms with E-state index in [0.717, 1.165) is 29.7 Å². The predicted molar refractivity (Wildman–Crippen MR) is 77.4 cm³/mol. The lowest BCUT2D eigenvalue weighted by Gasteiger charge is -2.49. The van der Waals surface area contributed by atoms with Crippen molar-refractivity contribution in [2.45, 2.75) is 32.1 Å². The van der Waals surface area contributed by atoms with E-state index in [1.807, 2.05) is 12.1 Å². The van der Waals surface area contributed by atoms with E-state index in [4.69, 9.17) is 4.74 Å². The van der Waals surface area contributed by atoms with E-state index < -0.39 is 5.41 Å². The van der Waals surface area contributed by atoms with Crippen LogP contribution in [0.3, 0.4) is 0 Å². The fourth-order valence-corrected chi connectivity index (χ4v) is 3.95. The third-order valence-electron chi connectivity index (χ3n) is 5.38. The molecule has 4 unspecified atom stereocenters. The van der Waals surface area contributed by atoms with Gasteiger partial charge in [0.05, 0.1) is 18.9 Å². The fraction of sp³-hybridized carbons (Fsp3) is 0.529. The zero-order valence-electron chi connectivity index (χ0n) is 12.3. The van der Waals surface area contributed by atoms with Crippen molar-refractivity contribution in [1.82, 2.24) is 4.98 Å². The minimum absolute atomic E-state index is 0.352. The van der Waals surface area contributed by atoms with Crippen LogP contribution < -0.4 is 4.74 Å². The molecular formula is C17H20N2O. The Morgan fingerprint density at radius 1 is 1.45 bits per heavy atom. The molecule has 3 heteroatoms. The summed E-state index contributed by atoms with van der Waals surface area (Å²) >= 11 is 0. The molecule has 4 atom stereocenters. The van der Waals surface area contributed by atoms with Crippen LogP contribution >= 0.6 is 0 Å². The highest BCUT2D eigenvalue weighted by molar-refractivity contribution is 5.52. The molecule has 0 radical (unpaired) electrons. The van der Waals surface area contributed by atoms with E-state index in [-0.39, 0.29) is 0 Å². The van der Waals surface area contributed by atoms with Gasteiger partial charge in [0.2, 0.25) is 5.88 Å². The quantitative estimate of drug-likeness (QED) is 0.734. The first-order chi connectivity index (χ1) is 9.53. The zero-order chi connectivity index (χ0) is 14.5. The van der Waals surface area contributed by atoms with Gasteiger partial charge in [0.25, 0.3) is 0 Å². The van der Waals surface area contributed by atoms with Crippen LogP contribution in [0.25, 0.3) is 0 Å². The van der Waals surface area contributed by atoms with Gasteiger partial charge in [0.1, 0.15) is 5.41 Å². The maximum atomic E-state index is 9.87. The number of ether oxygens (including phenoxy) is 1. The van der Waals surface area contributed by atoms with Crippen LogP contribution in [0.15, 0.2) is 24.3 Å². The molecule has 1 saturated carbocycles. The van der Waals surface area contributed by atoms with Crippen molar-refractivity contribution in [1.29, 1.82) is 5.26 Å². The first-order valence-electron chi connectivity index (χ1n) is 7.18. The summed E-state index contributed by atoms with van der Waals surface area (Å²) in [6.45, 7) is 8.81. The Balaban J connectivity index is 2.21. The first kappa shape index (κ1) is 13.2. The van der Waals surface area contributed by atoms with E-state index >= 15 is 0 Å². The van der Waals surface area contributed by atoms with Crippen molar-refractivity contribution >= 4 is 0 Å². The molecule has 104 valence electrons. The van der Waals surface area contributed by atoms with Gasteiger partial charge in [-0.05, 0) is 47.8 Å². The van der Waals surface area contributed by atoms with Crippen LogP contribution in [0.2, 0.25) is 0 Å². The van der Waals surface area contributed by atoms with Crippen molar-refractivity contribution in [3.05, 3.63) is 35.5 Å². The highest BCUT2D eigenvalue weighted by atomic mass is 16.5. The maximum Gasteiger partial charge on any atom is 0.213 e. The highest BCUT2D eigenvalue weighted by Gasteiger charge is 2.51. The van der Waals surface area contributed by atoms with E-state index in [9.17, 15) is 5.26 Å². The molecule has 0 aromatic carbocycles. The Labute approximate surface area is 120 Å². The molecule has 1 aromatic rings. The van der Waals surface area contributed by atoms with E-state index in [2.05, 4.69) is 31.5 Å². The van der Waals surface area contributed by atoms with Crippen LogP contribution in [-0.2, 0) is 11.8 Å². The Hall–Kier alpha value is -1.82. The monoisotopic (exact) mass is 268 g/mol. The predicted octanol–water partition coefficient (Wildman–Crippen LogP) is 3.26. The first-order valence-corrected chi connectivity index (χ1v) is 7.18. The smallest absolute Gasteiger partial charge is 0.213 e. The van der Waals surface area contributed by atoms with Crippen molar-refractivity contribution in [3.8, 4) is 11.9 Å². The van der Waals surface area contributed by atoms with Gasteiger partial charge in [0, 0.05) is 6.07 Å². The molecule has 1 aromatic heterocycles. The summed E-state index contributed by atoms with van der Waals surface area (Å²) in [6.07, 6.45) is 1.72.